The molecule has 1 saturated heterocycles. The maximum absolute atomic E-state index is 6.08. The summed E-state index contributed by atoms with van der Waals surface area (Å²) < 4.78 is 5.98. The number of likely N-dealkylation sites (N-methyl/N-ethyl adjacent to an activating group) is 1. The minimum absolute atomic E-state index is 0.0864. The first kappa shape index (κ1) is 15.2. The summed E-state index contributed by atoms with van der Waals surface area (Å²) in [6, 6.07) is 2.09. The molecule has 1 aliphatic heterocycles. The lowest BCUT2D eigenvalue weighted by atomic mass is 9.96. The fourth-order valence-electron chi connectivity index (χ4n) is 2.96. The van der Waals surface area contributed by atoms with Crippen molar-refractivity contribution in [3.05, 3.63) is 23.4 Å². The molecule has 0 radical (unpaired) electrons. The van der Waals surface area contributed by atoms with Gasteiger partial charge in [0.1, 0.15) is 5.82 Å². The molecule has 0 spiro atoms. The van der Waals surface area contributed by atoms with Gasteiger partial charge in [-0.1, -0.05) is 6.92 Å². The van der Waals surface area contributed by atoms with E-state index in [4.69, 9.17) is 10.5 Å². The van der Waals surface area contributed by atoms with Gasteiger partial charge in [0.25, 0.3) is 0 Å². The Hall–Kier alpha value is -1.17. The van der Waals surface area contributed by atoms with Crippen molar-refractivity contribution in [2.24, 2.45) is 0 Å². The van der Waals surface area contributed by atoms with Crippen molar-refractivity contribution in [2.75, 3.05) is 39.0 Å². The highest BCUT2D eigenvalue weighted by Gasteiger charge is 2.30. The Balaban J connectivity index is 2.19. The number of nitrogens with zero attached hydrogens (tertiary/aromatic N) is 2. The van der Waals surface area contributed by atoms with Crippen LogP contribution in [0.1, 0.15) is 30.5 Å². The van der Waals surface area contributed by atoms with Crippen molar-refractivity contribution in [2.45, 2.75) is 32.4 Å². The van der Waals surface area contributed by atoms with Crippen molar-refractivity contribution in [1.29, 1.82) is 0 Å². The fourth-order valence-corrected chi connectivity index (χ4v) is 2.96. The molecule has 0 saturated carbocycles. The Morgan fingerprint density at radius 2 is 2.40 bits per heavy atom. The van der Waals surface area contributed by atoms with Crippen LogP contribution >= 0.6 is 0 Å². The molecule has 0 aliphatic carbocycles. The molecule has 2 rings (SSSR count). The molecular formula is C15H26N4O. The van der Waals surface area contributed by atoms with E-state index in [0.29, 0.717) is 5.82 Å². The molecule has 3 N–H and O–H groups in total. The van der Waals surface area contributed by atoms with Gasteiger partial charge in [-0.25, -0.2) is 4.98 Å². The molecule has 5 nitrogen and oxygen atoms in total. The maximum atomic E-state index is 6.08. The van der Waals surface area contributed by atoms with Crippen LogP contribution in [0.2, 0.25) is 0 Å². The van der Waals surface area contributed by atoms with Gasteiger partial charge >= 0.3 is 0 Å². The van der Waals surface area contributed by atoms with Gasteiger partial charge < -0.3 is 15.8 Å². The topological polar surface area (TPSA) is 63.4 Å². The number of nitrogens with one attached hydrogen (secondary N) is 1. The van der Waals surface area contributed by atoms with Gasteiger partial charge in [0.2, 0.25) is 0 Å². The molecule has 0 bridgehead atoms. The summed E-state index contributed by atoms with van der Waals surface area (Å²) in [5.74, 6) is 0.598. The molecule has 1 aromatic heterocycles. The van der Waals surface area contributed by atoms with Crippen LogP contribution in [0.3, 0.4) is 0 Å². The molecule has 0 aromatic carbocycles. The summed E-state index contributed by atoms with van der Waals surface area (Å²) in [6.07, 6.45) is 3.04. The van der Waals surface area contributed by atoms with Crippen molar-refractivity contribution < 1.29 is 4.74 Å². The number of anilines is 1. The minimum Gasteiger partial charge on any atom is -0.383 e. The summed E-state index contributed by atoms with van der Waals surface area (Å²) in [6.45, 7) is 8.14. The van der Waals surface area contributed by atoms with Crippen LogP contribution in [0.4, 0.5) is 5.82 Å². The van der Waals surface area contributed by atoms with Gasteiger partial charge in [0, 0.05) is 24.8 Å². The Labute approximate surface area is 121 Å². The average Bonchev–Trinajstić information content (AvgIpc) is 2.44. The third-order valence-corrected chi connectivity index (χ3v) is 3.95. The number of nitrogens with two attached hydrogens (primary N) is 1. The number of aryl methyl sites for hydroxylation is 1. The molecule has 2 atom stereocenters. The van der Waals surface area contributed by atoms with Gasteiger partial charge in [-0.15, -0.1) is 0 Å². The predicted octanol–water partition coefficient (Wildman–Crippen LogP) is 1.34. The molecule has 20 heavy (non-hydrogen) atoms. The molecule has 0 amide bonds. The zero-order chi connectivity index (χ0) is 14.5. The Morgan fingerprint density at radius 3 is 3.05 bits per heavy atom. The summed E-state index contributed by atoms with van der Waals surface area (Å²) in [4.78, 5) is 6.69. The van der Waals surface area contributed by atoms with Crippen LogP contribution in [0, 0.1) is 6.92 Å². The van der Waals surface area contributed by atoms with E-state index in [0.717, 1.165) is 37.4 Å². The summed E-state index contributed by atoms with van der Waals surface area (Å²) in [5, 5.41) is 3.36. The first-order valence-corrected chi connectivity index (χ1v) is 7.39. The standard InChI is InChI=1S/C15H26N4O/c1-4-7-19-8-9-20-12(10-19)14(17-3)13-11(2)5-6-18-15(13)16/h5-6,12,14,17H,4,7-10H2,1-3H3,(H2,16,18). The molecule has 2 unspecified atom stereocenters. The number of nitrogen functional groups attached to an aromatic ring is 1. The van der Waals surface area contributed by atoms with Crippen molar-refractivity contribution in [1.82, 2.24) is 15.2 Å². The molecule has 2 heterocycles. The van der Waals surface area contributed by atoms with Crippen LogP contribution < -0.4 is 11.1 Å². The van der Waals surface area contributed by atoms with Crippen molar-refractivity contribution in [3.63, 3.8) is 0 Å². The second-order valence-electron chi connectivity index (χ2n) is 5.40. The van der Waals surface area contributed by atoms with E-state index in [2.05, 4.69) is 29.0 Å². The lowest BCUT2D eigenvalue weighted by Gasteiger charge is -2.37. The molecular weight excluding hydrogens is 252 g/mol. The highest BCUT2D eigenvalue weighted by molar-refractivity contribution is 5.46. The number of hydrogen-bond acceptors (Lipinski definition) is 5. The first-order valence-electron chi connectivity index (χ1n) is 7.39. The van der Waals surface area contributed by atoms with E-state index in [1.165, 1.54) is 6.42 Å². The predicted molar refractivity (Wildman–Crippen MR) is 81.7 cm³/mol. The Bertz CT molecular complexity index is 416. The van der Waals surface area contributed by atoms with Crippen molar-refractivity contribution in [3.8, 4) is 0 Å². The fraction of sp³-hybridized carbons (Fsp3) is 0.667. The summed E-state index contributed by atoms with van der Waals surface area (Å²) >= 11 is 0. The van der Waals surface area contributed by atoms with Crippen LogP contribution in [0.25, 0.3) is 0 Å². The largest absolute Gasteiger partial charge is 0.383 e. The number of morpholine rings is 1. The van der Waals surface area contributed by atoms with Crippen LogP contribution in [0.15, 0.2) is 12.3 Å². The van der Waals surface area contributed by atoms with Gasteiger partial charge in [0.15, 0.2) is 0 Å². The number of ether oxygens (including phenoxy) is 1. The number of rotatable bonds is 5. The number of aromatic nitrogens is 1. The van der Waals surface area contributed by atoms with E-state index in [1.54, 1.807) is 6.20 Å². The van der Waals surface area contributed by atoms with Gasteiger partial charge in [-0.05, 0) is 38.6 Å². The third kappa shape index (κ3) is 3.29. The van der Waals surface area contributed by atoms with Crippen LogP contribution in [0.5, 0.6) is 0 Å². The van der Waals surface area contributed by atoms with Crippen LogP contribution in [-0.2, 0) is 4.74 Å². The zero-order valence-corrected chi connectivity index (χ0v) is 12.7. The monoisotopic (exact) mass is 278 g/mol. The maximum Gasteiger partial charge on any atom is 0.128 e. The summed E-state index contributed by atoms with van der Waals surface area (Å²) in [5.41, 5.74) is 8.31. The smallest absolute Gasteiger partial charge is 0.128 e. The molecule has 1 aromatic rings. The van der Waals surface area contributed by atoms with Gasteiger partial charge in [-0.3, -0.25) is 4.90 Å². The third-order valence-electron chi connectivity index (χ3n) is 3.95. The first-order chi connectivity index (χ1) is 9.67. The highest BCUT2D eigenvalue weighted by Crippen LogP contribution is 2.28. The second kappa shape index (κ2) is 7.02. The minimum atomic E-state index is 0.0864. The van der Waals surface area contributed by atoms with E-state index >= 15 is 0 Å². The van der Waals surface area contributed by atoms with Gasteiger partial charge in [-0.2, -0.15) is 0 Å². The van der Waals surface area contributed by atoms with Crippen molar-refractivity contribution >= 4 is 5.82 Å². The number of pyridine rings is 1. The Kier molecular flexibility index (Phi) is 5.34. The average molecular weight is 278 g/mol. The van der Waals surface area contributed by atoms with Crippen LogP contribution in [-0.4, -0.2) is 49.3 Å². The van der Waals surface area contributed by atoms with E-state index in [9.17, 15) is 0 Å². The quantitative estimate of drug-likeness (QED) is 0.851. The number of hydrogen-bond donors (Lipinski definition) is 2. The zero-order valence-electron chi connectivity index (χ0n) is 12.7. The highest BCUT2D eigenvalue weighted by atomic mass is 16.5. The van der Waals surface area contributed by atoms with Gasteiger partial charge in [0.05, 0.1) is 18.8 Å². The summed E-state index contributed by atoms with van der Waals surface area (Å²) in [7, 11) is 1.96. The molecule has 1 aliphatic rings. The van der Waals surface area contributed by atoms with E-state index in [1.807, 2.05) is 13.1 Å². The lowest BCUT2D eigenvalue weighted by Crippen LogP contribution is -2.48. The lowest BCUT2D eigenvalue weighted by molar-refractivity contribution is -0.0459. The second-order valence-corrected chi connectivity index (χ2v) is 5.40. The SMILES string of the molecule is CCCN1CCOC(C(NC)c2c(C)ccnc2N)C1. The van der Waals surface area contributed by atoms with E-state index in [-0.39, 0.29) is 12.1 Å². The van der Waals surface area contributed by atoms with E-state index < -0.39 is 0 Å². The molecule has 5 heteroatoms. The Morgan fingerprint density at radius 1 is 1.60 bits per heavy atom. The normalized spacial score (nSPS) is 21.9. The molecule has 1 fully saturated rings. The molecule has 112 valence electrons.